The van der Waals surface area contributed by atoms with Crippen LogP contribution in [0.1, 0.15) is 27.2 Å². The van der Waals surface area contributed by atoms with Crippen molar-refractivity contribution in [3.05, 3.63) is 52.8 Å². The fourth-order valence-electron chi connectivity index (χ4n) is 1.87. The summed E-state index contributed by atoms with van der Waals surface area (Å²) < 4.78 is 38.3. The quantitative estimate of drug-likeness (QED) is 0.809. The van der Waals surface area contributed by atoms with Crippen LogP contribution in [0, 0.1) is 13.8 Å². The first-order valence-corrected chi connectivity index (χ1v) is 5.98. The lowest BCUT2D eigenvalue weighted by atomic mass is 10.0. The third-order valence-corrected chi connectivity index (χ3v) is 2.93. The van der Waals surface area contributed by atoms with Gasteiger partial charge in [0.15, 0.2) is 11.5 Å². The zero-order valence-electron chi connectivity index (χ0n) is 11.0. The Labute approximate surface area is 114 Å². The molecule has 0 aliphatic heterocycles. The molecule has 0 aliphatic rings. The molecule has 0 aliphatic carbocycles. The standard InChI is InChI=1S/C14H13F3N2O/c1-9-3-4-10(2)11(7-9)12(20)8-19-6-5-13(18-19)14(15,16)17/h3-7H,8H2,1-2H3. The van der Waals surface area contributed by atoms with Crippen LogP contribution in [-0.2, 0) is 12.7 Å². The molecule has 0 fully saturated rings. The van der Waals surface area contributed by atoms with E-state index < -0.39 is 11.9 Å². The molecule has 2 aromatic rings. The molecule has 6 heteroatoms. The number of alkyl halides is 3. The maximum absolute atomic E-state index is 12.4. The largest absolute Gasteiger partial charge is 0.435 e. The van der Waals surface area contributed by atoms with Gasteiger partial charge in [0.25, 0.3) is 0 Å². The van der Waals surface area contributed by atoms with Gasteiger partial charge in [-0.1, -0.05) is 17.7 Å². The number of Topliss-reactive ketones (excluding diaryl/α,β-unsaturated/α-hetero) is 1. The maximum Gasteiger partial charge on any atom is 0.435 e. The molecule has 20 heavy (non-hydrogen) atoms. The maximum atomic E-state index is 12.4. The summed E-state index contributed by atoms with van der Waals surface area (Å²) in [5.74, 6) is -0.261. The molecular weight excluding hydrogens is 269 g/mol. The highest BCUT2D eigenvalue weighted by Crippen LogP contribution is 2.27. The molecular formula is C14H13F3N2O. The second kappa shape index (κ2) is 5.11. The fraction of sp³-hybridized carbons (Fsp3) is 0.286. The van der Waals surface area contributed by atoms with Gasteiger partial charge in [0, 0.05) is 11.8 Å². The van der Waals surface area contributed by atoms with Crippen LogP contribution >= 0.6 is 0 Å². The van der Waals surface area contributed by atoms with Crippen LogP contribution in [0.4, 0.5) is 13.2 Å². The molecule has 0 bridgehead atoms. The Bertz CT molecular complexity index is 644. The van der Waals surface area contributed by atoms with Gasteiger partial charge in [0.05, 0.1) is 0 Å². The van der Waals surface area contributed by atoms with E-state index in [1.165, 1.54) is 0 Å². The van der Waals surface area contributed by atoms with Crippen LogP contribution in [0.3, 0.4) is 0 Å². The molecule has 0 N–H and O–H groups in total. The average Bonchev–Trinajstić information content (AvgIpc) is 2.80. The first-order valence-electron chi connectivity index (χ1n) is 5.98. The third-order valence-electron chi connectivity index (χ3n) is 2.93. The summed E-state index contributed by atoms with van der Waals surface area (Å²) in [6, 6.07) is 6.27. The number of hydrogen-bond acceptors (Lipinski definition) is 2. The molecule has 1 aromatic carbocycles. The average molecular weight is 282 g/mol. The van der Waals surface area contributed by atoms with Crippen molar-refractivity contribution >= 4 is 5.78 Å². The number of aryl methyl sites for hydroxylation is 2. The smallest absolute Gasteiger partial charge is 0.292 e. The Morgan fingerprint density at radius 1 is 1.25 bits per heavy atom. The molecule has 106 valence electrons. The highest BCUT2D eigenvalue weighted by Gasteiger charge is 2.33. The van der Waals surface area contributed by atoms with Crippen molar-refractivity contribution in [2.75, 3.05) is 0 Å². The summed E-state index contributed by atoms with van der Waals surface area (Å²) in [5, 5.41) is 3.37. The Morgan fingerprint density at radius 2 is 1.95 bits per heavy atom. The minimum Gasteiger partial charge on any atom is -0.292 e. The van der Waals surface area contributed by atoms with Gasteiger partial charge in [0.1, 0.15) is 6.54 Å². The Kier molecular flexibility index (Phi) is 3.65. The summed E-state index contributed by atoms with van der Waals surface area (Å²) in [7, 11) is 0. The molecule has 0 spiro atoms. The van der Waals surface area contributed by atoms with Crippen LogP contribution in [0.15, 0.2) is 30.5 Å². The number of nitrogens with zero attached hydrogens (tertiary/aromatic N) is 2. The molecule has 1 aromatic heterocycles. The van der Waals surface area contributed by atoms with Crippen LogP contribution in [-0.4, -0.2) is 15.6 Å². The topological polar surface area (TPSA) is 34.9 Å². The van der Waals surface area contributed by atoms with Gasteiger partial charge >= 0.3 is 6.18 Å². The van der Waals surface area contributed by atoms with Gasteiger partial charge in [-0.2, -0.15) is 18.3 Å². The third kappa shape index (κ3) is 3.07. The van der Waals surface area contributed by atoms with Crippen LogP contribution in [0.2, 0.25) is 0 Å². The van der Waals surface area contributed by atoms with Crippen molar-refractivity contribution in [1.82, 2.24) is 9.78 Å². The van der Waals surface area contributed by atoms with Crippen molar-refractivity contribution in [3.63, 3.8) is 0 Å². The van der Waals surface area contributed by atoms with Gasteiger partial charge in [-0.3, -0.25) is 9.48 Å². The van der Waals surface area contributed by atoms with Crippen LogP contribution < -0.4 is 0 Å². The lowest BCUT2D eigenvalue weighted by Gasteiger charge is -2.07. The number of ketones is 1. The monoisotopic (exact) mass is 282 g/mol. The number of rotatable bonds is 3. The second-order valence-corrected chi connectivity index (χ2v) is 4.64. The summed E-state index contributed by atoms with van der Waals surface area (Å²) in [6.07, 6.45) is -3.33. The van der Waals surface area contributed by atoms with E-state index >= 15 is 0 Å². The van der Waals surface area contributed by atoms with E-state index in [1.807, 2.05) is 19.1 Å². The Morgan fingerprint density at radius 3 is 2.55 bits per heavy atom. The van der Waals surface area contributed by atoms with Gasteiger partial charge in [0.2, 0.25) is 0 Å². The van der Waals surface area contributed by atoms with E-state index in [0.29, 0.717) is 5.56 Å². The highest BCUT2D eigenvalue weighted by molar-refractivity contribution is 5.97. The first-order chi connectivity index (χ1) is 9.27. The number of aromatic nitrogens is 2. The Balaban J connectivity index is 2.20. The SMILES string of the molecule is Cc1ccc(C)c(C(=O)Cn2ccc(C(F)(F)F)n2)c1. The predicted molar refractivity (Wildman–Crippen MR) is 67.5 cm³/mol. The number of hydrogen-bond donors (Lipinski definition) is 0. The fourth-order valence-corrected chi connectivity index (χ4v) is 1.87. The molecule has 0 atom stereocenters. The normalized spacial score (nSPS) is 11.7. The van der Waals surface area contributed by atoms with Gasteiger partial charge < -0.3 is 0 Å². The second-order valence-electron chi connectivity index (χ2n) is 4.64. The van der Waals surface area contributed by atoms with E-state index in [4.69, 9.17) is 0 Å². The Hall–Kier alpha value is -2.11. The van der Waals surface area contributed by atoms with Gasteiger partial charge in [-0.05, 0) is 31.5 Å². The van der Waals surface area contributed by atoms with Crippen molar-refractivity contribution in [2.24, 2.45) is 0 Å². The first kappa shape index (κ1) is 14.3. The zero-order valence-corrected chi connectivity index (χ0v) is 11.0. The molecule has 0 amide bonds. The number of carbonyl (C=O) groups excluding carboxylic acids is 1. The molecule has 3 nitrogen and oxygen atoms in total. The summed E-state index contributed by atoms with van der Waals surface area (Å²) >= 11 is 0. The summed E-state index contributed by atoms with van der Waals surface area (Å²) in [6.45, 7) is 3.43. The minimum absolute atomic E-state index is 0.208. The van der Waals surface area contributed by atoms with E-state index in [1.54, 1.807) is 13.0 Å². The molecule has 0 saturated heterocycles. The van der Waals surface area contributed by atoms with Gasteiger partial charge in [-0.25, -0.2) is 0 Å². The molecule has 0 saturated carbocycles. The lowest BCUT2D eigenvalue weighted by Crippen LogP contribution is -2.14. The van der Waals surface area contributed by atoms with Crippen LogP contribution in [0.25, 0.3) is 0 Å². The van der Waals surface area contributed by atoms with Crippen molar-refractivity contribution in [2.45, 2.75) is 26.6 Å². The number of carbonyl (C=O) groups is 1. The van der Waals surface area contributed by atoms with E-state index in [2.05, 4.69) is 5.10 Å². The predicted octanol–water partition coefficient (Wildman–Crippen LogP) is 3.40. The van der Waals surface area contributed by atoms with Crippen molar-refractivity contribution in [1.29, 1.82) is 0 Å². The number of halogens is 3. The highest BCUT2D eigenvalue weighted by atomic mass is 19.4. The van der Waals surface area contributed by atoms with Gasteiger partial charge in [-0.15, -0.1) is 0 Å². The van der Waals surface area contributed by atoms with E-state index in [0.717, 1.165) is 28.1 Å². The molecule has 1 heterocycles. The zero-order chi connectivity index (χ0) is 14.9. The van der Waals surface area contributed by atoms with Crippen molar-refractivity contribution in [3.8, 4) is 0 Å². The molecule has 2 rings (SSSR count). The van der Waals surface area contributed by atoms with E-state index in [9.17, 15) is 18.0 Å². The summed E-state index contributed by atoms with van der Waals surface area (Å²) in [4.78, 5) is 12.1. The summed E-state index contributed by atoms with van der Waals surface area (Å²) in [5.41, 5.74) is 1.24. The van der Waals surface area contributed by atoms with E-state index in [-0.39, 0.29) is 12.3 Å². The molecule has 0 unspecified atom stereocenters. The lowest BCUT2D eigenvalue weighted by molar-refractivity contribution is -0.141. The molecule has 0 radical (unpaired) electrons. The minimum atomic E-state index is -4.49. The van der Waals surface area contributed by atoms with Crippen LogP contribution in [0.5, 0.6) is 0 Å². The van der Waals surface area contributed by atoms with Crippen molar-refractivity contribution < 1.29 is 18.0 Å². The number of benzene rings is 1.